The number of carboxylic acids is 1. The van der Waals surface area contributed by atoms with Gasteiger partial charge in [-0.1, -0.05) is 78.9 Å². The lowest BCUT2D eigenvalue weighted by atomic mass is 9.99. The SMILES string of the molecule is O=C(O)CCCc1ccc(-c2ccc(-c3ccccc3)cc2)cc1. The Morgan fingerprint density at radius 1 is 0.667 bits per heavy atom. The molecule has 2 heteroatoms. The van der Waals surface area contributed by atoms with Crippen LogP contribution >= 0.6 is 0 Å². The summed E-state index contributed by atoms with van der Waals surface area (Å²) in [6.07, 6.45) is 1.71. The van der Waals surface area contributed by atoms with Gasteiger partial charge in [0.25, 0.3) is 0 Å². The Hall–Kier alpha value is -2.87. The number of hydrogen-bond acceptors (Lipinski definition) is 1. The van der Waals surface area contributed by atoms with Gasteiger partial charge in [-0.25, -0.2) is 0 Å². The highest BCUT2D eigenvalue weighted by Gasteiger charge is 2.02. The van der Waals surface area contributed by atoms with Crippen LogP contribution in [0.15, 0.2) is 78.9 Å². The molecule has 0 saturated heterocycles. The molecule has 0 aliphatic heterocycles. The molecule has 3 aromatic carbocycles. The molecule has 0 radical (unpaired) electrons. The quantitative estimate of drug-likeness (QED) is 0.658. The Kier molecular flexibility index (Phi) is 5.07. The molecule has 120 valence electrons. The first-order valence-electron chi connectivity index (χ1n) is 8.19. The zero-order chi connectivity index (χ0) is 16.8. The predicted octanol–water partition coefficient (Wildman–Crippen LogP) is 5.43. The first kappa shape index (κ1) is 16.0. The maximum absolute atomic E-state index is 10.6. The topological polar surface area (TPSA) is 37.3 Å². The molecule has 2 nitrogen and oxygen atoms in total. The van der Waals surface area contributed by atoms with Crippen LogP contribution in [0.5, 0.6) is 0 Å². The lowest BCUT2D eigenvalue weighted by Gasteiger charge is -2.06. The lowest BCUT2D eigenvalue weighted by molar-refractivity contribution is -0.137. The van der Waals surface area contributed by atoms with Crippen molar-refractivity contribution in [2.24, 2.45) is 0 Å². The van der Waals surface area contributed by atoms with Gasteiger partial charge in [0, 0.05) is 6.42 Å². The van der Waals surface area contributed by atoms with E-state index in [1.54, 1.807) is 0 Å². The Morgan fingerprint density at radius 2 is 1.12 bits per heavy atom. The van der Waals surface area contributed by atoms with E-state index < -0.39 is 5.97 Å². The lowest BCUT2D eigenvalue weighted by Crippen LogP contribution is -1.95. The summed E-state index contributed by atoms with van der Waals surface area (Å²) in [5.74, 6) is -0.731. The van der Waals surface area contributed by atoms with Gasteiger partial charge < -0.3 is 5.11 Å². The zero-order valence-corrected chi connectivity index (χ0v) is 13.5. The van der Waals surface area contributed by atoms with Crippen LogP contribution in [-0.4, -0.2) is 11.1 Å². The molecule has 0 heterocycles. The van der Waals surface area contributed by atoms with Crippen molar-refractivity contribution < 1.29 is 9.90 Å². The van der Waals surface area contributed by atoms with Gasteiger partial charge in [0.2, 0.25) is 0 Å². The largest absolute Gasteiger partial charge is 0.481 e. The van der Waals surface area contributed by atoms with Crippen LogP contribution in [-0.2, 0) is 11.2 Å². The second-order valence-corrected chi connectivity index (χ2v) is 5.89. The van der Waals surface area contributed by atoms with E-state index in [9.17, 15) is 4.79 Å². The maximum atomic E-state index is 10.6. The predicted molar refractivity (Wildman–Crippen MR) is 97.9 cm³/mol. The van der Waals surface area contributed by atoms with Crippen LogP contribution in [0.1, 0.15) is 18.4 Å². The zero-order valence-electron chi connectivity index (χ0n) is 13.5. The van der Waals surface area contributed by atoms with E-state index in [0.717, 1.165) is 6.42 Å². The van der Waals surface area contributed by atoms with Crippen LogP contribution in [0, 0.1) is 0 Å². The minimum atomic E-state index is -0.731. The van der Waals surface area contributed by atoms with Crippen molar-refractivity contribution in [2.75, 3.05) is 0 Å². The third-order valence-electron chi connectivity index (χ3n) is 4.14. The smallest absolute Gasteiger partial charge is 0.303 e. The second kappa shape index (κ2) is 7.60. The molecule has 1 N–H and O–H groups in total. The monoisotopic (exact) mass is 316 g/mol. The van der Waals surface area contributed by atoms with E-state index in [1.807, 2.05) is 18.2 Å². The number of carbonyl (C=O) groups is 1. The number of hydrogen-bond donors (Lipinski definition) is 1. The van der Waals surface area contributed by atoms with Crippen molar-refractivity contribution in [2.45, 2.75) is 19.3 Å². The summed E-state index contributed by atoms with van der Waals surface area (Å²) in [7, 11) is 0. The van der Waals surface area contributed by atoms with Crippen LogP contribution in [0.4, 0.5) is 0 Å². The van der Waals surface area contributed by atoms with Crippen LogP contribution < -0.4 is 0 Å². The molecule has 24 heavy (non-hydrogen) atoms. The fourth-order valence-electron chi connectivity index (χ4n) is 2.79. The van der Waals surface area contributed by atoms with Gasteiger partial charge in [-0.3, -0.25) is 4.79 Å². The molecule has 3 rings (SSSR count). The van der Waals surface area contributed by atoms with Gasteiger partial charge in [0.05, 0.1) is 0 Å². The molecule has 0 aliphatic rings. The van der Waals surface area contributed by atoms with E-state index in [0.29, 0.717) is 6.42 Å². The highest BCUT2D eigenvalue weighted by atomic mass is 16.4. The fraction of sp³-hybridized carbons (Fsp3) is 0.136. The van der Waals surface area contributed by atoms with E-state index in [-0.39, 0.29) is 6.42 Å². The van der Waals surface area contributed by atoms with Crippen molar-refractivity contribution in [3.63, 3.8) is 0 Å². The molecule has 0 amide bonds. The van der Waals surface area contributed by atoms with Crippen LogP contribution in [0.25, 0.3) is 22.3 Å². The molecule has 0 aromatic heterocycles. The summed E-state index contributed by atoms with van der Waals surface area (Å²) in [4.78, 5) is 10.6. The number of rotatable bonds is 6. The molecule has 0 unspecified atom stereocenters. The molecular formula is C22H20O2. The molecule has 0 bridgehead atoms. The van der Waals surface area contributed by atoms with Gasteiger partial charge in [-0.2, -0.15) is 0 Å². The first-order chi connectivity index (χ1) is 11.7. The molecule has 0 saturated carbocycles. The molecule has 0 atom stereocenters. The van der Waals surface area contributed by atoms with Crippen molar-refractivity contribution in [3.8, 4) is 22.3 Å². The number of aliphatic carboxylic acids is 1. The Morgan fingerprint density at radius 3 is 1.62 bits per heavy atom. The van der Waals surface area contributed by atoms with Crippen molar-refractivity contribution in [3.05, 3.63) is 84.4 Å². The molecule has 0 spiro atoms. The molecule has 0 aliphatic carbocycles. The van der Waals surface area contributed by atoms with Gasteiger partial charge in [0.1, 0.15) is 0 Å². The summed E-state index contributed by atoms with van der Waals surface area (Å²) in [5.41, 5.74) is 5.98. The van der Waals surface area contributed by atoms with E-state index in [4.69, 9.17) is 5.11 Å². The van der Waals surface area contributed by atoms with E-state index in [1.165, 1.54) is 27.8 Å². The minimum Gasteiger partial charge on any atom is -0.481 e. The van der Waals surface area contributed by atoms with Gasteiger partial charge in [-0.05, 0) is 40.7 Å². The van der Waals surface area contributed by atoms with Gasteiger partial charge in [-0.15, -0.1) is 0 Å². The Balaban J connectivity index is 1.69. The molecule has 3 aromatic rings. The highest BCUT2D eigenvalue weighted by Crippen LogP contribution is 2.25. The van der Waals surface area contributed by atoms with Crippen molar-refractivity contribution >= 4 is 5.97 Å². The summed E-state index contributed by atoms with van der Waals surface area (Å²) in [5, 5.41) is 8.69. The summed E-state index contributed by atoms with van der Waals surface area (Å²) < 4.78 is 0. The second-order valence-electron chi connectivity index (χ2n) is 5.89. The third-order valence-corrected chi connectivity index (χ3v) is 4.14. The van der Waals surface area contributed by atoms with E-state index in [2.05, 4.69) is 60.7 Å². The van der Waals surface area contributed by atoms with Crippen LogP contribution in [0.2, 0.25) is 0 Å². The maximum Gasteiger partial charge on any atom is 0.303 e. The van der Waals surface area contributed by atoms with Gasteiger partial charge in [0.15, 0.2) is 0 Å². The van der Waals surface area contributed by atoms with Crippen molar-refractivity contribution in [1.29, 1.82) is 0 Å². The number of aryl methyl sites for hydroxylation is 1. The summed E-state index contributed by atoms with van der Waals surface area (Å²) in [6, 6.07) is 27.3. The number of carboxylic acid groups (broad SMARTS) is 1. The highest BCUT2D eigenvalue weighted by molar-refractivity contribution is 5.70. The average molecular weight is 316 g/mol. The molecule has 0 fully saturated rings. The Labute approximate surface area is 142 Å². The van der Waals surface area contributed by atoms with Crippen LogP contribution in [0.3, 0.4) is 0 Å². The average Bonchev–Trinajstić information content (AvgIpc) is 2.63. The fourth-order valence-corrected chi connectivity index (χ4v) is 2.79. The van der Waals surface area contributed by atoms with E-state index >= 15 is 0 Å². The Bertz CT molecular complexity index is 788. The third kappa shape index (κ3) is 4.11. The first-order valence-corrected chi connectivity index (χ1v) is 8.19. The minimum absolute atomic E-state index is 0.225. The normalized spacial score (nSPS) is 10.5. The standard InChI is InChI=1S/C22H20O2/c23-22(24)8-4-5-17-9-11-19(12-10-17)21-15-13-20(14-16-21)18-6-2-1-3-7-18/h1-3,6-7,9-16H,4-5,8H2,(H,23,24). The van der Waals surface area contributed by atoms with Crippen molar-refractivity contribution in [1.82, 2.24) is 0 Å². The summed E-state index contributed by atoms with van der Waals surface area (Å²) in [6.45, 7) is 0. The summed E-state index contributed by atoms with van der Waals surface area (Å²) >= 11 is 0. The van der Waals surface area contributed by atoms with Gasteiger partial charge >= 0.3 is 5.97 Å². The number of benzene rings is 3. The molecular weight excluding hydrogens is 296 g/mol.